The van der Waals surface area contributed by atoms with Crippen molar-refractivity contribution in [1.29, 1.82) is 0 Å². The lowest BCUT2D eigenvalue weighted by molar-refractivity contribution is -0.141. The van der Waals surface area contributed by atoms with E-state index in [0.29, 0.717) is 12.6 Å². The van der Waals surface area contributed by atoms with Crippen molar-refractivity contribution in [3.63, 3.8) is 0 Å². The summed E-state index contributed by atoms with van der Waals surface area (Å²) in [7, 11) is 0. The van der Waals surface area contributed by atoms with Gasteiger partial charge in [0.2, 0.25) is 11.2 Å². The molecule has 0 aliphatic heterocycles. The molecular weight excluding hydrogens is 273 g/mol. The minimum atomic E-state index is -4.62. The quantitative estimate of drug-likeness (QED) is 0.825. The van der Waals surface area contributed by atoms with Crippen LogP contribution in [0.3, 0.4) is 0 Å². The number of hydrogen-bond acceptors (Lipinski definition) is 4. The van der Waals surface area contributed by atoms with Crippen LogP contribution in [0.15, 0.2) is 6.07 Å². The fourth-order valence-corrected chi connectivity index (χ4v) is 1.27. The van der Waals surface area contributed by atoms with Crippen molar-refractivity contribution in [1.82, 2.24) is 15.3 Å². The number of halogens is 4. The first-order valence-electron chi connectivity index (χ1n) is 4.95. The minimum absolute atomic E-state index is 0.159. The fourth-order valence-electron chi connectivity index (χ4n) is 1.08. The molecule has 0 saturated carbocycles. The van der Waals surface area contributed by atoms with Crippen LogP contribution in [0.5, 0.6) is 0 Å². The van der Waals surface area contributed by atoms with E-state index in [2.05, 4.69) is 20.6 Å². The summed E-state index contributed by atoms with van der Waals surface area (Å²) in [5, 5.41) is 4.37. The van der Waals surface area contributed by atoms with Crippen LogP contribution in [0, 0.1) is 0 Å². The number of carbonyl (C=O) groups excluding carboxylic acids is 1. The van der Waals surface area contributed by atoms with E-state index in [1.165, 1.54) is 0 Å². The number of carbonyl (C=O) groups is 1. The van der Waals surface area contributed by atoms with Gasteiger partial charge in [-0.25, -0.2) is 9.97 Å². The van der Waals surface area contributed by atoms with E-state index in [9.17, 15) is 18.0 Å². The van der Waals surface area contributed by atoms with Gasteiger partial charge in [-0.15, -0.1) is 0 Å². The van der Waals surface area contributed by atoms with Gasteiger partial charge in [-0.05, 0) is 18.5 Å². The molecule has 0 spiro atoms. The topological polar surface area (TPSA) is 66.9 Å². The molecule has 0 atom stereocenters. The Morgan fingerprint density at radius 2 is 2.11 bits per heavy atom. The maximum absolute atomic E-state index is 12.4. The summed E-state index contributed by atoms with van der Waals surface area (Å²) >= 11 is 5.37. The lowest BCUT2D eigenvalue weighted by Gasteiger charge is -2.09. The summed E-state index contributed by atoms with van der Waals surface area (Å²) in [5.74, 6) is -0.519. The Hall–Kier alpha value is -1.57. The van der Waals surface area contributed by atoms with Crippen LogP contribution in [0.4, 0.5) is 19.0 Å². The summed E-state index contributed by atoms with van der Waals surface area (Å²) in [4.78, 5) is 17.7. The maximum Gasteiger partial charge on any atom is 0.433 e. The number of hydrogen-bond donors (Lipinski definition) is 2. The normalized spacial score (nSPS) is 11.2. The third-order valence-corrected chi connectivity index (χ3v) is 1.96. The Morgan fingerprint density at radius 1 is 1.44 bits per heavy atom. The first kappa shape index (κ1) is 14.5. The van der Waals surface area contributed by atoms with E-state index in [1.807, 2.05) is 0 Å². The first-order valence-corrected chi connectivity index (χ1v) is 5.33. The fraction of sp³-hybridized carbons (Fsp3) is 0.444. The molecule has 0 radical (unpaired) electrons. The molecule has 0 aliphatic rings. The molecule has 1 rings (SSSR count). The molecule has 9 heteroatoms. The SMILES string of the molecule is CCNC(=O)CNc1cc(C(F)(F)F)nc(Cl)n1. The molecule has 2 N–H and O–H groups in total. The van der Waals surface area contributed by atoms with Crippen LogP contribution in [-0.4, -0.2) is 29.0 Å². The van der Waals surface area contributed by atoms with Crippen LogP contribution in [0.25, 0.3) is 0 Å². The molecule has 0 fully saturated rings. The number of aromatic nitrogens is 2. The van der Waals surface area contributed by atoms with Crippen molar-refractivity contribution >= 4 is 23.3 Å². The number of nitrogens with zero attached hydrogens (tertiary/aromatic N) is 2. The zero-order chi connectivity index (χ0) is 13.8. The third kappa shape index (κ3) is 4.36. The predicted molar refractivity (Wildman–Crippen MR) is 59.2 cm³/mol. The molecule has 18 heavy (non-hydrogen) atoms. The van der Waals surface area contributed by atoms with Crippen LogP contribution < -0.4 is 10.6 Å². The predicted octanol–water partition coefficient (Wildman–Crippen LogP) is 1.70. The number of nitrogens with one attached hydrogen (secondary N) is 2. The zero-order valence-corrected chi connectivity index (χ0v) is 10.1. The van der Waals surface area contributed by atoms with Crippen LogP contribution in [0.1, 0.15) is 12.6 Å². The Balaban J connectivity index is 2.78. The van der Waals surface area contributed by atoms with E-state index in [4.69, 9.17) is 11.6 Å². The Kier molecular flexibility index (Phi) is 4.71. The van der Waals surface area contributed by atoms with Crippen molar-refractivity contribution in [3.05, 3.63) is 17.0 Å². The minimum Gasteiger partial charge on any atom is -0.361 e. The molecule has 0 bridgehead atoms. The van der Waals surface area contributed by atoms with Crippen LogP contribution >= 0.6 is 11.6 Å². The monoisotopic (exact) mass is 282 g/mol. The molecule has 5 nitrogen and oxygen atoms in total. The largest absolute Gasteiger partial charge is 0.433 e. The molecule has 100 valence electrons. The Morgan fingerprint density at radius 3 is 2.67 bits per heavy atom. The third-order valence-electron chi connectivity index (χ3n) is 1.79. The molecular formula is C9H10ClF3N4O. The summed E-state index contributed by atoms with van der Waals surface area (Å²) < 4.78 is 37.2. The molecule has 0 aliphatic carbocycles. The van der Waals surface area contributed by atoms with Crippen molar-refractivity contribution in [2.75, 3.05) is 18.4 Å². The highest BCUT2D eigenvalue weighted by Crippen LogP contribution is 2.29. The van der Waals surface area contributed by atoms with Gasteiger partial charge in [0.25, 0.3) is 0 Å². The Labute approximate surface area is 106 Å². The Bertz CT molecular complexity index is 438. The van der Waals surface area contributed by atoms with Gasteiger partial charge in [-0.2, -0.15) is 13.2 Å². The molecule has 1 aromatic rings. The average Bonchev–Trinajstić information content (AvgIpc) is 2.25. The molecule has 1 amide bonds. The zero-order valence-electron chi connectivity index (χ0n) is 9.31. The van der Waals surface area contributed by atoms with Gasteiger partial charge in [0.05, 0.1) is 6.54 Å². The molecule has 0 unspecified atom stereocenters. The van der Waals surface area contributed by atoms with Crippen LogP contribution in [0.2, 0.25) is 5.28 Å². The standard InChI is InChI=1S/C9H10ClF3N4O/c1-2-14-7(18)4-15-6-3-5(9(11,12)13)16-8(10)17-6/h3H,2,4H2,1H3,(H,14,18)(H,15,16,17). The second-order valence-corrected chi connectivity index (χ2v) is 3.55. The molecule has 1 heterocycles. The van der Waals surface area contributed by atoms with Gasteiger partial charge in [0.15, 0.2) is 5.69 Å². The number of alkyl halides is 3. The summed E-state index contributed by atoms with van der Waals surface area (Å²) in [6.07, 6.45) is -4.62. The maximum atomic E-state index is 12.4. The number of likely N-dealkylation sites (N-methyl/N-ethyl adjacent to an activating group) is 1. The highest BCUT2D eigenvalue weighted by molar-refractivity contribution is 6.28. The van der Waals surface area contributed by atoms with Gasteiger partial charge in [-0.1, -0.05) is 0 Å². The molecule has 0 saturated heterocycles. The van der Waals surface area contributed by atoms with E-state index in [1.54, 1.807) is 6.92 Å². The van der Waals surface area contributed by atoms with Crippen molar-refractivity contribution in [2.24, 2.45) is 0 Å². The number of rotatable bonds is 4. The van der Waals surface area contributed by atoms with E-state index < -0.39 is 17.2 Å². The van der Waals surface area contributed by atoms with E-state index >= 15 is 0 Å². The van der Waals surface area contributed by atoms with Gasteiger partial charge >= 0.3 is 6.18 Å². The second kappa shape index (κ2) is 5.85. The lowest BCUT2D eigenvalue weighted by atomic mass is 10.4. The second-order valence-electron chi connectivity index (χ2n) is 3.21. The number of amides is 1. The average molecular weight is 283 g/mol. The first-order chi connectivity index (χ1) is 8.32. The van der Waals surface area contributed by atoms with E-state index in [-0.39, 0.29) is 18.3 Å². The van der Waals surface area contributed by atoms with Gasteiger partial charge in [0.1, 0.15) is 5.82 Å². The molecule has 0 aromatic carbocycles. The van der Waals surface area contributed by atoms with Gasteiger partial charge < -0.3 is 10.6 Å². The number of anilines is 1. The van der Waals surface area contributed by atoms with Crippen LogP contribution in [-0.2, 0) is 11.0 Å². The van der Waals surface area contributed by atoms with Crippen molar-refractivity contribution in [3.8, 4) is 0 Å². The highest BCUT2D eigenvalue weighted by Gasteiger charge is 2.33. The van der Waals surface area contributed by atoms with E-state index in [0.717, 1.165) is 0 Å². The highest BCUT2D eigenvalue weighted by atomic mass is 35.5. The summed E-state index contributed by atoms with van der Waals surface area (Å²) in [6.45, 7) is 1.96. The summed E-state index contributed by atoms with van der Waals surface area (Å²) in [6, 6.07) is 0.686. The van der Waals surface area contributed by atoms with Crippen molar-refractivity contribution in [2.45, 2.75) is 13.1 Å². The lowest BCUT2D eigenvalue weighted by Crippen LogP contribution is -2.29. The molecule has 1 aromatic heterocycles. The smallest absolute Gasteiger partial charge is 0.361 e. The van der Waals surface area contributed by atoms with Crippen molar-refractivity contribution < 1.29 is 18.0 Å². The van der Waals surface area contributed by atoms with Gasteiger partial charge in [-0.3, -0.25) is 4.79 Å². The summed E-state index contributed by atoms with van der Waals surface area (Å²) in [5.41, 5.74) is -1.17. The van der Waals surface area contributed by atoms with Gasteiger partial charge in [0, 0.05) is 12.6 Å².